The van der Waals surface area contributed by atoms with Crippen molar-refractivity contribution >= 4 is 11.9 Å². The molecule has 2 aromatic carbocycles. The predicted molar refractivity (Wildman–Crippen MR) is 72.9 cm³/mol. The first-order valence-electron chi connectivity index (χ1n) is 5.74. The van der Waals surface area contributed by atoms with Crippen LogP contribution >= 0.6 is 0 Å². The molecule has 0 radical (unpaired) electrons. The molecule has 0 saturated heterocycles. The van der Waals surface area contributed by atoms with Crippen molar-refractivity contribution in [2.75, 3.05) is 0 Å². The SMILES string of the molecule is O=C(C=Cc1cccc(O)c1)c1ccc(O)c(O)c1O. The van der Waals surface area contributed by atoms with Gasteiger partial charge in [-0.15, -0.1) is 0 Å². The first-order valence-corrected chi connectivity index (χ1v) is 5.74. The quantitative estimate of drug-likeness (QED) is 0.391. The molecule has 0 aliphatic carbocycles. The van der Waals surface area contributed by atoms with Gasteiger partial charge >= 0.3 is 0 Å². The highest BCUT2D eigenvalue weighted by atomic mass is 16.3. The maximum absolute atomic E-state index is 11.9. The number of carbonyl (C=O) groups is 1. The van der Waals surface area contributed by atoms with Crippen LogP contribution in [0.1, 0.15) is 15.9 Å². The normalized spacial score (nSPS) is 10.8. The zero-order chi connectivity index (χ0) is 14.7. The van der Waals surface area contributed by atoms with Gasteiger partial charge in [0.05, 0.1) is 5.56 Å². The molecule has 0 aliphatic rings. The average Bonchev–Trinajstić information content (AvgIpc) is 2.42. The lowest BCUT2D eigenvalue weighted by molar-refractivity contribution is 0.104. The Morgan fingerprint density at radius 3 is 2.40 bits per heavy atom. The number of hydrogen-bond acceptors (Lipinski definition) is 5. The predicted octanol–water partition coefficient (Wildman–Crippen LogP) is 2.41. The smallest absolute Gasteiger partial charge is 0.201 e. The lowest BCUT2D eigenvalue weighted by atomic mass is 10.1. The van der Waals surface area contributed by atoms with E-state index in [0.29, 0.717) is 5.56 Å². The zero-order valence-corrected chi connectivity index (χ0v) is 10.3. The first kappa shape index (κ1) is 13.5. The average molecular weight is 272 g/mol. The Hall–Kier alpha value is -2.95. The molecule has 0 atom stereocenters. The Balaban J connectivity index is 2.27. The van der Waals surface area contributed by atoms with Crippen LogP contribution in [0.3, 0.4) is 0 Å². The van der Waals surface area contributed by atoms with E-state index in [9.17, 15) is 25.2 Å². The third kappa shape index (κ3) is 2.72. The maximum atomic E-state index is 11.9. The van der Waals surface area contributed by atoms with Crippen molar-refractivity contribution < 1.29 is 25.2 Å². The van der Waals surface area contributed by atoms with Gasteiger partial charge in [0.1, 0.15) is 5.75 Å². The summed E-state index contributed by atoms with van der Waals surface area (Å²) in [6.07, 6.45) is 2.66. The molecule has 0 amide bonds. The number of allylic oxidation sites excluding steroid dienone is 1. The minimum Gasteiger partial charge on any atom is -0.508 e. The molecule has 0 spiro atoms. The summed E-state index contributed by atoms with van der Waals surface area (Å²) >= 11 is 0. The summed E-state index contributed by atoms with van der Waals surface area (Å²) in [7, 11) is 0. The fourth-order valence-electron chi connectivity index (χ4n) is 1.66. The van der Waals surface area contributed by atoms with Crippen LogP contribution in [0.15, 0.2) is 42.5 Å². The number of phenolic OH excluding ortho intramolecular Hbond substituents is 4. The van der Waals surface area contributed by atoms with Crippen LogP contribution in [0.5, 0.6) is 23.0 Å². The van der Waals surface area contributed by atoms with E-state index in [-0.39, 0.29) is 11.3 Å². The highest BCUT2D eigenvalue weighted by Gasteiger charge is 2.15. The van der Waals surface area contributed by atoms with Crippen LogP contribution in [0.25, 0.3) is 6.08 Å². The van der Waals surface area contributed by atoms with Gasteiger partial charge in [-0.05, 0) is 35.9 Å². The van der Waals surface area contributed by atoms with E-state index in [4.69, 9.17) is 0 Å². The molecule has 4 N–H and O–H groups in total. The fraction of sp³-hybridized carbons (Fsp3) is 0. The van der Waals surface area contributed by atoms with Crippen molar-refractivity contribution in [1.82, 2.24) is 0 Å². The number of hydrogen-bond donors (Lipinski definition) is 4. The molecular formula is C15H12O5. The highest BCUT2D eigenvalue weighted by molar-refractivity contribution is 6.09. The van der Waals surface area contributed by atoms with Gasteiger partial charge < -0.3 is 20.4 Å². The van der Waals surface area contributed by atoms with Gasteiger partial charge in [-0.3, -0.25) is 4.79 Å². The largest absolute Gasteiger partial charge is 0.508 e. The van der Waals surface area contributed by atoms with E-state index in [1.165, 1.54) is 30.4 Å². The molecule has 20 heavy (non-hydrogen) atoms. The lowest BCUT2D eigenvalue weighted by Crippen LogP contribution is -1.95. The molecule has 2 aromatic rings. The summed E-state index contributed by atoms with van der Waals surface area (Å²) in [5, 5.41) is 37.4. The summed E-state index contributed by atoms with van der Waals surface area (Å²) in [6, 6.07) is 8.62. The number of benzene rings is 2. The van der Waals surface area contributed by atoms with Gasteiger partial charge in [0.2, 0.25) is 5.75 Å². The van der Waals surface area contributed by atoms with E-state index in [1.807, 2.05) is 0 Å². The highest BCUT2D eigenvalue weighted by Crippen LogP contribution is 2.37. The van der Waals surface area contributed by atoms with E-state index in [1.54, 1.807) is 12.1 Å². The molecule has 0 saturated carbocycles. The third-order valence-corrected chi connectivity index (χ3v) is 2.69. The lowest BCUT2D eigenvalue weighted by Gasteiger charge is -2.04. The van der Waals surface area contributed by atoms with Crippen molar-refractivity contribution in [3.63, 3.8) is 0 Å². The Bertz CT molecular complexity index is 689. The van der Waals surface area contributed by atoms with Gasteiger partial charge in [0.25, 0.3) is 0 Å². The van der Waals surface area contributed by atoms with Crippen molar-refractivity contribution in [2.45, 2.75) is 0 Å². The second kappa shape index (κ2) is 5.36. The monoisotopic (exact) mass is 272 g/mol. The van der Waals surface area contributed by atoms with Crippen molar-refractivity contribution in [1.29, 1.82) is 0 Å². The van der Waals surface area contributed by atoms with Crippen LogP contribution in [-0.2, 0) is 0 Å². The summed E-state index contributed by atoms with van der Waals surface area (Å²) in [6.45, 7) is 0. The minimum atomic E-state index is -0.735. The van der Waals surface area contributed by atoms with E-state index in [2.05, 4.69) is 0 Å². The second-order valence-electron chi connectivity index (χ2n) is 4.12. The minimum absolute atomic E-state index is 0.0738. The molecule has 102 valence electrons. The first-order chi connectivity index (χ1) is 9.49. The van der Waals surface area contributed by atoms with Crippen LogP contribution in [0.4, 0.5) is 0 Å². The van der Waals surface area contributed by atoms with Gasteiger partial charge in [-0.25, -0.2) is 0 Å². The van der Waals surface area contributed by atoms with Crippen molar-refractivity contribution in [2.24, 2.45) is 0 Å². The molecule has 0 heterocycles. The van der Waals surface area contributed by atoms with Crippen molar-refractivity contribution in [3.8, 4) is 23.0 Å². The Morgan fingerprint density at radius 1 is 0.950 bits per heavy atom. The number of phenols is 4. The second-order valence-corrected chi connectivity index (χ2v) is 4.12. The van der Waals surface area contributed by atoms with Crippen molar-refractivity contribution in [3.05, 3.63) is 53.6 Å². The number of aromatic hydroxyl groups is 4. The Labute approximate surface area is 114 Å². The summed E-state index contributed by atoms with van der Waals surface area (Å²) < 4.78 is 0. The third-order valence-electron chi connectivity index (χ3n) is 2.69. The summed E-state index contributed by atoms with van der Waals surface area (Å²) in [5.74, 6) is -2.38. The summed E-state index contributed by atoms with van der Waals surface area (Å²) in [4.78, 5) is 11.9. The zero-order valence-electron chi connectivity index (χ0n) is 10.3. The van der Waals surface area contributed by atoms with Crippen LogP contribution in [-0.4, -0.2) is 26.2 Å². The molecule has 0 fully saturated rings. The van der Waals surface area contributed by atoms with E-state index in [0.717, 1.165) is 6.07 Å². The standard InChI is InChI=1S/C15H12O5/c16-10-3-1-2-9(8-10)4-6-12(17)11-5-7-13(18)15(20)14(11)19/h1-8,16,18-20H. The molecule has 0 aliphatic heterocycles. The van der Waals surface area contributed by atoms with E-state index < -0.39 is 23.0 Å². The molecule has 0 bridgehead atoms. The molecular weight excluding hydrogens is 260 g/mol. The molecule has 5 heteroatoms. The molecule has 0 unspecified atom stereocenters. The Morgan fingerprint density at radius 2 is 1.70 bits per heavy atom. The van der Waals surface area contributed by atoms with Crippen LogP contribution in [0.2, 0.25) is 0 Å². The maximum Gasteiger partial charge on any atom is 0.201 e. The summed E-state index contributed by atoms with van der Waals surface area (Å²) in [5.41, 5.74) is 0.484. The van der Waals surface area contributed by atoms with Gasteiger partial charge in [0.15, 0.2) is 17.3 Å². The van der Waals surface area contributed by atoms with Gasteiger partial charge in [-0.1, -0.05) is 18.2 Å². The van der Waals surface area contributed by atoms with Gasteiger partial charge in [0, 0.05) is 0 Å². The molecule has 0 aromatic heterocycles. The molecule has 5 nitrogen and oxygen atoms in total. The fourth-order valence-corrected chi connectivity index (χ4v) is 1.66. The number of rotatable bonds is 3. The van der Waals surface area contributed by atoms with Crippen LogP contribution in [0, 0.1) is 0 Å². The van der Waals surface area contributed by atoms with Gasteiger partial charge in [-0.2, -0.15) is 0 Å². The van der Waals surface area contributed by atoms with Crippen LogP contribution < -0.4 is 0 Å². The Kier molecular flexibility index (Phi) is 3.61. The molecule has 2 rings (SSSR count). The van der Waals surface area contributed by atoms with E-state index >= 15 is 0 Å². The topological polar surface area (TPSA) is 98.0 Å². The number of carbonyl (C=O) groups excluding carboxylic acids is 1. The number of ketones is 1.